The molecule has 0 aromatic heterocycles. The molecule has 0 saturated carbocycles. The Kier molecular flexibility index (Phi) is 4.68. The predicted molar refractivity (Wildman–Crippen MR) is 73.7 cm³/mol. The molecule has 0 aliphatic rings. The molecule has 0 saturated heterocycles. The Labute approximate surface area is 114 Å². The maximum Gasteiger partial charge on any atom is 0.317 e. The number of carbonyl (C=O) groups is 1. The third kappa shape index (κ3) is 4.38. The van der Waals surface area contributed by atoms with Gasteiger partial charge in [-0.3, -0.25) is 9.69 Å². The van der Waals surface area contributed by atoms with Gasteiger partial charge in [-0.15, -0.1) is 0 Å². The Bertz CT molecular complexity index is 510. The molecule has 0 unspecified atom stereocenters. The summed E-state index contributed by atoms with van der Waals surface area (Å²) in [5.41, 5.74) is 2.47. The Hall–Kier alpha value is -1.86. The van der Waals surface area contributed by atoms with Gasteiger partial charge in [-0.05, 0) is 51.0 Å². The minimum Gasteiger partial charge on any atom is -0.480 e. The van der Waals surface area contributed by atoms with Gasteiger partial charge in [-0.1, -0.05) is 6.07 Å². The highest BCUT2D eigenvalue weighted by Gasteiger charge is 2.24. The van der Waals surface area contributed by atoms with Crippen molar-refractivity contribution < 1.29 is 9.90 Å². The van der Waals surface area contributed by atoms with E-state index in [2.05, 4.69) is 6.07 Å². The third-order valence-electron chi connectivity index (χ3n) is 3.11. The number of benzene rings is 1. The molecule has 0 bridgehead atoms. The molecule has 0 atom stereocenters. The molecule has 0 amide bonds. The number of carboxylic acid groups (broad SMARTS) is 1. The standard InChI is InChI=1S/C15H20N2O2/c1-11-7-12(8-16)5-6-13(11)9-17(10-14(18)19)15(2,3)4/h5-7H,9-10H2,1-4H3,(H,18,19). The van der Waals surface area contributed by atoms with Gasteiger partial charge in [-0.2, -0.15) is 5.26 Å². The topological polar surface area (TPSA) is 64.3 Å². The van der Waals surface area contributed by atoms with Crippen molar-refractivity contribution in [2.75, 3.05) is 6.54 Å². The fourth-order valence-corrected chi connectivity index (χ4v) is 1.84. The molecule has 0 fully saturated rings. The quantitative estimate of drug-likeness (QED) is 0.903. The molecule has 0 aliphatic heterocycles. The summed E-state index contributed by atoms with van der Waals surface area (Å²) in [6, 6.07) is 7.60. The number of rotatable bonds is 4. The van der Waals surface area contributed by atoms with Crippen LogP contribution in [-0.4, -0.2) is 28.1 Å². The van der Waals surface area contributed by atoms with Gasteiger partial charge in [0.2, 0.25) is 0 Å². The van der Waals surface area contributed by atoms with Gasteiger partial charge in [-0.25, -0.2) is 0 Å². The second kappa shape index (κ2) is 5.85. The number of hydrogen-bond donors (Lipinski definition) is 1. The fourth-order valence-electron chi connectivity index (χ4n) is 1.84. The van der Waals surface area contributed by atoms with Gasteiger partial charge < -0.3 is 5.11 Å². The summed E-state index contributed by atoms with van der Waals surface area (Å²) in [6.45, 7) is 8.49. The van der Waals surface area contributed by atoms with Crippen LogP contribution in [0.5, 0.6) is 0 Å². The highest BCUT2D eigenvalue weighted by atomic mass is 16.4. The molecule has 4 heteroatoms. The summed E-state index contributed by atoms with van der Waals surface area (Å²) in [5, 5.41) is 17.8. The van der Waals surface area contributed by atoms with Crippen LogP contribution in [0.3, 0.4) is 0 Å². The predicted octanol–water partition coefficient (Wildman–Crippen LogP) is 2.55. The smallest absolute Gasteiger partial charge is 0.317 e. The number of nitriles is 1. The van der Waals surface area contributed by atoms with Crippen LogP contribution in [0.1, 0.15) is 37.5 Å². The van der Waals surface area contributed by atoms with Gasteiger partial charge >= 0.3 is 5.97 Å². The van der Waals surface area contributed by atoms with Gasteiger partial charge in [0.15, 0.2) is 0 Å². The number of aliphatic carboxylic acids is 1. The second-order valence-electron chi connectivity index (χ2n) is 5.67. The van der Waals surface area contributed by atoms with Crippen LogP contribution >= 0.6 is 0 Å². The Balaban J connectivity index is 2.97. The lowest BCUT2D eigenvalue weighted by atomic mass is 10.0. The molecule has 1 N–H and O–H groups in total. The van der Waals surface area contributed by atoms with Crippen LogP contribution in [0.15, 0.2) is 18.2 Å². The van der Waals surface area contributed by atoms with Crippen molar-refractivity contribution in [3.63, 3.8) is 0 Å². The monoisotopic (exact) mass is 260 g/mol. The van der Waals surface area contributed by atoms with Crippen molar-refractivity contribution in [2.45, 2.75) is 39.8 Å². The molecular formula is C15H20N2O2. The highest BCUT2D eigenvalue weighted by Crippen LogP contribution is 2.19. The zero-order valence-electron chi connectivity index (χ0n) is 11.9. The molecule has 1 aromatic rings. The average Bonchev–Trinajstić information content (AvgIpc) is 2.28. The summed E-state index contributed by atoms with van der Waals surface area (Å²) >= 11 is 0. The van der Waals surface area contributed by atoms with Gasteiger partial charge in [0.05, 0.1) is 18.2 Å². The van der Waals surface area contributed by atoms with E-state index in [-0.39, 0.29) is 12.1 Å². The van der Waals surface area contributed by atoms with E-state index < -0.39 is 5.97 Å². The van der Waals surface area contributed by atoms with Crippen LogP contribution in [-0.2, 0) is 11.3 Å². The van der Waals surface area contributed by atoms with Crippen LogP contribution in [0.2, 0.25) is 0 Å². The van der Waals surface area contributed by atoms with Crippen molar-refractivity contribution in [3.05, 3.63) is 34.9 Å². The van der Waals surface area contributed by atoms with Gasteiger partial charge in [0, 0.05) is 12.1 Å². The summed E-state index contributed by atoms with van der Waals surface area (Å²) in [4.78, 5) is 12.9. The number of hydrogen-bond acceptors (Lipinski definition) is 3. The van der Waals surface area contributed by atoms with E-state index in [4.69, 9.17) is 10.4 Å². The summed E-state index contributed by atoms with van der Waals surface area (Å²) in [5.74, 6) is -0.832. The Morgan fingerprint density at radius 1 is 1.42 bits per heavy atom. The molecule has 1 aromatic carbocycles. The fraction of sp³-hybridized carbons (Fsp3) is 0.467. The molecule has 0 aliphatic carbocycles. The first-order valence-corrected chi connectivity index (χ1v) is 6.20. The minimum absolute atomic E-state index is 0.00292. The first-order valence-electron chi connectivity index (χ1n) is 6.20. The average molecular weight is 260 g/mol. The number of nitrogens with zero attached hydrogens (tertiary/aromatic N) is 2. The summed E-state index contributed by atoms with van der Waals surface area (Å²) in [7, 11) is 0. The van der Waals surface area contributed by atoms with Crippen molar-refractivity contribution in [2.24, 2.45) is 0 Å². The maximum absolute atomic E-state index is 10.9. The summed E-state index contributed by atoms with van der Waals surface area (Å²) in [6.07, 6.45) is 0. The van der Waals surface area contributed by atoms with E-state index in [1.807, 2.05) is 44.7 Å². The molecule has 102 valence electrons. The molecule has 0 heterocycles. The van der Waals surface area contributed by atoms with E-state index in [0.29, 0.717) is 12.1 Å². The normalized spacial score (nSPS) is 11.4. The van der Waals surface area contributed by atoms with Crippen LogP contribution < -0.4 is 0 Å². The van der Waals surface area contributed by atoms with Crippen molar-refractivity contribution >= 4 is 5.97 Å². The maximum atomic E-state index is 10.9. The molecule has 0 spiro atoms. The Morgan fingerprint density at radius 3 is 2.47 bits per heavy atom. The zero-order chi connectivity index (χ0) is 14.6. The number of carboxylic acids is 1. The highest BCUT2D eigenvalue weighted by molar-refractivity contribution is 5.69. The first kappa shape index (κ1) is 15.2. The zero-order valence-corrected chi connectivity index (χ0v) is 11.9. The Morgan fingerprint density at radius 2 is 2.05 bits per heavy atom. The van der Waals surface area contributed by atoms with E-state index in [1.54, 1.807) is 6.07 Å². The minimum atomic E-state index is -0.832. The molecular weight excluding hydrogens is 240 g/mol. The van der Waals surface area contributed by atoms with Crippen molar-refractivity contribution in [1.29, 1.82) is 5.26 Å². The van der Waals surface area contributed by atoms with Gasteiger partial charge in [0.25, 0.3) is 0 Å². The van der Waals surface area contributed by atoms with E-state index in [0.717, 1.165) is 11.1 Å². The molecule has 4 nitrogen and oxygen atoms in total. The second-order valence-corrected chi connectivity index (χ2v) is 5.67. The van der Waals surface area contributed by atoms with Crippen molar-refractivity contribution in [3.8, 4) is 6.07 Å². The van der Waals surface area contributed by atoms with Crippen LogP contribution in [0.4, 0.5) is 0 Å². The number of aryl methyl sites for hydroxylation is 1. The van der Waals surface area contributed by atoms with Gasteiger partial charge in [0.1, 0.15) is 0 Å². The molecule has 0 radical (unpaired) electrons. The van der Waals surface area contributed by atoms with E-state index in [1.165, 1.54) is 0 Å². The lowest BCUT2D eigenvalue weighted by Gasteiger charge is -2.34. The lowest BCUT2D eigenvalue weighted by Crippen LogP contribution is -2.43. The van der Waals surface area contributed by atoms with Crippen molar-refractivity contribution in [1.82, 2.24) is 4.90 Å². The lowest BCUT2D eigenvalue weighted by molar-refractivity contribution is -0.139. The third-order valence-corrected chi connectivity index (χ3v) is 3.11. The van der Waals surface area contributed by atoms with Crippen LogP contribution in [0.25, 0.3) is 0 Å². The van der Waals surface area contributed by atoms with Crippen LogP contribution in [0, 0.1) is 18.3 Å². The molecule has 1 rings (SSSR count). The summed E-state index contributed by atoms with van der Waals surface area (Å²) < 4.78 is 0. The SMILES string of the molecule is Cc1cc(C#N)ccc1CN(CC(=O)O)C(C)(C)C. The van der Waals surface area contributed by atoms with E-state index >= 15 is 0 Å². The first-order chi connectivity index (χ1) is 8.74. The molecule has 19 heavy (non-hydrogen) atoms. The largest absolute Gasteiger partial charge is 0.480 e. The van der Waals surface area contributed by atoms with E-state index in [9.17, 15) is 4.79 Å².